The van der Waals surface area contributed by atoms with E-state index in [0.29, 0.717) is 6.61 Å². The van der Waals surface area contributed by atoms with E-state index in [0.717, 1.165) is 36.0 Å². The Balaban J connectivity index is 2.37. The first kappa shape index (κ1) is 13.5. The second-order valence-electron chi connectivity index (χ2n) is 3.76. The van der Waals surface area contributed by atoms with Gasteiger partial charge in [-0.3, -0.25) is 0 Å². The summed E-state index contributed by atoms with van der Waals surface area (Å²) in [5.74, 6) is 0. The minimum atomic E-state index is 0.289. The predicted octanol–water partition coefficient (Wildman–Crippen LogP) is 2.53. The van der Waals surface area contributed by atoms with Crippen molar-refractivity contribution in [2.24, 2.45) is 0 Å². The van der Waals surface area contributed by atoms with E-state index in [9.17, 15) is 0 Å². The van der Waals surface area contributed by atoms with Crippen molar-refractivity contribution in [2.45, 2.75) is 46.3 Å². The van der Waals surface area contributed by atoms with Crippen LogP contribution in [0, 0.1) is 0 Å². The zero-order valence-corrected chi connectivity index (χ0v) is 11.1. The summed E-state index contributed by atoms with van der Waals surface area (Å²) in [5.41, 5.74) is 0. The molecule has 1 heterocycles. The van der Waals surface area contributed by atoms with Gasteiger partial charge >= 0.3 is 0 Å². The van der Waals surface area contributed by atoms with E-state index >= 15 is 0 Å². The highest BCUT2D eigenvalue weighted by atomic mass is 32.1. The molecule has 1 rings (SSSR count). The zero-order valence-electron chi connectivity index (χ0n) is 10.3. The lowest BCUT2D eigenvalue weighted by molar-refractivity contribution is 0.121. The summed E-state index contributed by atoms with van der Waals surface area (Å²) in [4.78, 5) is 0. The summed E-state index contributed by atoms with van der Waals surface area (Å²) < 4.78 is 5.43. The van der Waals surface area contributed by atoms with Gasteiger partial charge < -0.3 is 10.1 Å². The maximum Gasteiger partial charge on any atom is 0.143 e. The van der Waals surface area contributed by atoms with Crippen LogP contribution >= 0.6 is 11.3 Å². The van der Waals surface area contributed by atoms with Crippen LogP contribution in [0.5, 0.6) is 0 Å². The summed E-state index contributed by atoms with van der Waals surface area (Å²) in [6.07, 6.45) is 2.18. The van der Waals surface area contributed by atoms with Crippen LogP contribution in [0.25, 0.3) is 0 Å². The average molecular weight is 243 g/mol. The number of aromatic nitrogens is 2. The van der Waals surface area contributed by atoms with Crippen LogP contribution < -0.4 is 5.32 Å². The smallest absolute Gasteiger partial charge is 0.143 e. The Morgan fingerprint density at radius 2 is 2.12 bits per heavy atom. The largest absolute Gasteiger partial charge is 0.374 e. The van der Waals surface area contributed by atoms with Gasteiger partial charge in [-0.05, 0) is 26.3 Å². The van der Waals surface area contributed by atoms with Gasteiger partial charge in [0.2, 0.25) is 0 Å². The average Bonchev–Trinajstić information content (AvgIpc) is 2.75. The molecule has 0 amide bonds. The van der Waals surface area contributed by atoms with Crippen molar-refractivity contribution in [3.63, 3.8) is 0 Å². The molecule has 0 aliphatic rings. The molecule has 0 radical (unpaired) electrons. The van der Waals surface area contributed by atoms with E-state index in [1.807, 2.05) is 0 Å². The highest BCUT2D eigenvalue weighted by Gasteiger charge is 2.10. The molecule has 1 atom stereocenters. The molecule has 0 aromatic carbocycles. The lowest BCUT2D eigenvalue weighted by Crippen LogP contribution is -2.18. The van der Waals surface area contributed by atoms with Crippen molar-refractivity contribution < 1.29 is 4.74 Å². The first-order valence-corrected chi connectivity index (χ1v) is 6.73. The van der Waals surface area contributed by atoms with Crippen LogP contribution in [-0.4, -0.2) is 23.3 Å². The predicted molar refractivity (Wildman–Crippen MR) is 66.6 cm³/mol. The molecule has 0 fully saturated rings. The van der Waals surface area contributed by atoms with Gasteiger partial charge in [-0.2, -0.15) is 0 Å². The van der Waals surface area contributed by atoms with Gasteiger partial charge in [0.1, 0.15) is 16.6 Å². The number of nitrogens with one attached hydrogen (secondary N) is 1. The Kier molecular flexibility index (Phi) is 6.52. The molecule has 0 aliphatic heterocycles. The number of ether oxygens (including phenoxy) is 1. The van der Waals surface area contributed by atoms with Crippen molar-refractivity contribution in [2.75, 3.05) is 13.2 Å². The molecule has 92 valence electrons. The molecule has 16 heavy (non-hydrogen) atoms. The fourth-order valence-corrected chi connectivity index (χ4v) is 2.06. The van der Waals surface area contributed by atoms with Gasteiger partial charge in [-0.25, -0.2) is 0 Å². The van der Waals surface area contributed by atoms with Crippen molar-refractivity contribution in [1.29, 1.82) is 0 Å². The van der Waals surface area contributed by atoms with Crippen LogP contribution in [-0.2, 0) is 11.3 Å². The first-order chi connectivity index (χ1) is 7.77. The number of nitrogens with zero attached hydrogens (tertiary/aromatic N) is 2. The van der Waals surface area contributed by atoms with Crippen molar-refractivity contribution in [1.82, 2.24) is 15.5 Å². The van der Waals surface area contributed by atoms with Gasteiger partial charge in [-0.1, -0.05) is 25.2 Å². The van der Waals surface area contributed by atoms with Gasteiger partial charge in [0.05, 0.1) is 6.04 Å². The van der Waals surface area contributed by atoms with Gasteiger partial charge in [0.15, 0.2) is 0 Å². The Labute approximate surface area is 101 Å². The normalized spacial score (nSPS) is 12.9. The monoisotopic (exact) mass is 243 g/mol. The third kappa shape index (κ3) is 4.55. The van der Waals surface area contributed by atoms with Crippen molar-refractivity contribution in [3.05, 3.63) is 10.0 Å². The van der Waals surface area contributed by atoms with Crippen LogP contribution in [0.1, 0.15) is 49.7 Å². The molecular formula is C11H21N3OS. The molecule has 1 aromatic rings. The second kappa shape index (κ2) is 7.70. The van der Waals surface area contributed by atoms with Gasteiger partial charge in [0, 0.05) is 6.61 Å². The summed E-state index contributed by atoms with van der Waals surface area (Å²) in [6, 6.07) is 0.289. The van der Waals surface area contributed by atoms with Gasteiger partial charge in [-0.15, -0.1) is 10.2 Å². The maximum atomic E-state index is 5.43. The molecule has 0 saturated heterocycles. The summed E-state index contributed by atoms with van der Waals surface area (Å²) in [7, 11) is 0. The Bertz CT molecular complexity index is 291. The minimum absolute atomic E-state index is 0.289. The topological polar surface area (TPSA) is 47.0 Å². The number of hydrogen-bond donors (Lipinski definition) is 1. The van der Waals surface area contributed by atoms with Crippen LogP contribution in [0.15, 0.2) is 0 Å². The molecule has 1 unspecified atom stereocenters. The molecule has 1 aromatic heterocycles. The van der Waals surface area contributed by atoms with E-state index in [4.69, 9.17) is 4.74 Å². The fourth-order valence-electron chi connectivity index (χ4n) is 1.25. The second-order valence-corrected chi connectivity index (χ2v) is 4.86. The first-order valence-electron chi connectivity index (χ1n) is 5.91. The molecule has 1 N–H and O–H groups in total. The molecule has 5 heteroatoms. The van der Waals surface area contributed by atoms with E-state index in [2.05, 4.69) is 36.3 Å². The molecular weight excluding hydrogens is 222 g/mol. The van der Waals surface area contributed by atoms with Crippen LogP contribution in [0.3, 0.4) is 0 Å². The Morgan fingerprint density at radius 1 is 1.31 bits per heavy atom. The summed E-state index contributed by atoms with van der Waals surface area (Å²) in [6.45, 7) is 8.77. The van der Waals surface area contributed by atoms with E-state index in [1.54, 1.807) is 11.3 Å². The van der Waals surface area contributed by atoms with Crippen LogP contribution in [0.4, 0.5) is 0 Å². The summed E-state index contributed by atoms with van der Waals surface area (Å²) in [5, 5.41) is 13.7. The van der Waals surface area contributed by atoms with E-state index in [-0.39, 0.29) is 6.04 Å². The van der Waals surface area contributed by atoms with E-state index < -0.39 is 0 Å². The third-order valence-electron chi connectivity index (χ3n) is 2.13. The summed E-state index contributed by atoms with van der Waals surface area (Å²) >= 11 is 1.63. The molecule has 0 aliphatic carbocycles. The molecule has 0 saturated carbocycles. The highest BCUT2D eigenvalue weighted by Crippen LogP contribution is 2.18. The fraction of sp³-hybridized carbons (Fsp3) is 0.818. The lowest BCUT2D eigenvalue weighted by atomic mass is 10.3. The maximum absolute atomic E-state index is 5.43. The Morgan fingerprint density at radius 3 is 2.81 bits per heavy atom. The minimum Gasteiger partial charge on any atom is -0.374 e. The van der Waals surface area contributed by atoms with Gasteiger partial charge in [0.25, 0.3) is 0 Å². The van der Waals surface area contributed by atoms with Crippen molar-refractivity contribution >= 4 is 11.3 Å². The quantitative estimate of drug-likeness (QED) is 0.713. The molecule has 4 nitrogen and oxygen atoms in total. The van der Waals surface area contributed by atoms with Crippen molar-refractivity contribution in [3.8, 4) is 0 Å². The van der Waals surface area contributed by atoms with E-state index in [1.165, 1.54) is 0 Å². The number of hydrogen-bond acceptors (Lipinski definition) is 5. The zero-order chi connectivity index (χ0) is 11.8. The lowest BCUT2D eigenvalue weighted by Gasteiger charge is -2.08. The highest BCUT2D eigenvalue weighted by molar-refractivity contribution is 7.11. The molecule has 0 spiro atoms. The Hall–Kier alpha value is -0.520. The SMILES string of the molecule is CCCNC(C)c1nnc(COCCC)s1. The van der Waals surface area contributed by atoms with Crippen LogP contribution in [0.2, 0.25) is 0 Å². The number of rotatable bonds is 8. The standard InChI is InChI=1S/C11H21N3OS/c1-4-6-12-9(3)11-14-13-10(16-11)8-15-7-5-2/h9,12H,4-8H2,1-3H3. The third-order valence-corrected chi connectivity index (χ3v) is 3.21. The molecule has 0 bridgehead atoms.